The molecule has 0 fully saturated rings. The zero-order valence-corrected chi connectivity index (χ0v) is 47.2. The smallest absolute Gasteiger partial charge is 0.0541 e. The third kappa shape index (κ3) is 9.09. The number of nitrogens with zero attached hydrogens (tertiary/aromatic N) is 2. The molecule has 16 aromatic rings. The van der Waals surface area contributed by atoms with Gasteiger partial charge in [-0.25, -0.2) is 0 Å². The van der Waals surface area contributed by atoms with Crippen LogP contribution in [0, 0.1) is 0 Å². The lowest BCUT2D eigenvalue weighted by atomic mass is 9.94. The maximum Gasteiger partial charge on any atom is 0.0541 e. The van der Waals surface area contributed by atoms with E-state index in [2.05, 4.69) is 349 Å². The summed E-state index contributed by atoms with van der Waals surface area (Å²) in [7, 11) is 0. The van der Waals surface area contributed by atoms with Crippen molar-refractivity contribution in [1.82, 2.24) is 9.13 Å². The van der Waals surface area contributed by atoms with Crippen molar-refractivity contribution in [1.29, 1.82) is 0 Å². The first-order valence-electron chi connectivity index (χ1n) is 29.6. The van der Waals surface area contributed by atoms with Gasteiger partial charge in [0.1, 0.15) is 0 Å². The predicted octanol–water partition coefficient (Wildman–Crippen LogP) is 22.9. The molecular formula is C84H56N2. The van der Waals surface area contributed by atoms with E-state index < -0.39 is 0 Å². The Hall–Kier alpha value is -11.3. The van der Waals surface area contributed by atoms with Crippen molar-refractivity contribution in [3.8, 4) is 112 Å². The van der Waals surface area contributed by atoms with Gasteiger partial charge in [0.05, 0.1) is 33.4 Å². The molecule has 0 amide bonds. The molecule has 0 aliphatic carbocycles. The second-order valence-electron chi connectivity index (χ2n) is 22.4. The average molecular weight is 1090 g/mol. The zero-order chi connectivity index (χ0) is 56.9. The SMILES string of the molecule is c1ccc(-c2ccc(-c3ccc(-c4cccc(-c5cccc(-c6ccc(-c7ccc(-c8ccccc8-n8c9ccccc9c9cc(-c%10ccc%11c(c%10)c%10ccccc%10n%11-c%10ccccc%10-c%10ccccc%10)ccc98)cc7)cc6)c5)c4)cc3)cc2)cc1. The lowest BCUT2D eigenvalue weighted by molar-refractivity contribution is 1.18. The number of hydrogen-bond donors (Lipinski definition) is 0. The molecule has 0 saturated heterocycles. The first kappa shape index (κ1) is 50.4. The standard InChI is InChI=1S/C84H56N2/c1-3-17-57(18-4-1)58-33-35-59(36-34-58)60-37-41-63(42-38-60)67-21-15-23-69(53-67)70-24-16-22-68(54-70)64-43-39-61(40-44-64)62-45-47-66(48-46-62)74-26-8-12-30-80(74)86-82-32-14-10-28-76(82)78-56-72(50-52-84(78)86)71-49-51-83-77(55-71)75-27-9-13-31-81(75)85(83)79-29-11-7-25-73(79)65-19-5-2-6-20-65/h1-56H. The van der Waals surface area contributed by atoms with Crippen LogP contribution in [-0.2, 0) is 0 Å². The molecule has 0 atom stereocenters. The topological polar surface area (TPSA) is 9.86 Å². The molecular weight excluding hydrogens is 1040 g/mol. The van der Waals surface area contributed by atoms with E-state index in [4.69, 9.17) is 0 Å². The van der Waals surface area contributed by atoms with Crippen LogP contribution in [0.4, 0.5) is 0 Å². The Balaban J connectivity index is 0.658. The van der Waals surface area contributed by atoms with Gasteiger partial charge < -0.3 is 9.13 Å². The van der Waals surface area contributed by atoms with Crippen LogP contribution < -0.4 is 0 Å². The summed E-state index contributed by atoms with van der Waals surface area (Å²) in [6, 6.07) is 124. The zero-order valence-electron chi connectivity index (χ0n) is 47.2. The average Bonchev–Trinajstić information content (AvgIpc) is 1.84. The maximum absolute atomic E-state index is 2.45. The van der Waals surface area contributed by atoms with Crippen LogP contribution in [0.25, 0.3) is 155 Å². The number of para-hydroxylation sites is 4. The minimum atomic E-state index is 1.15. The van der Waals surface area contributed by atoms with E-state index in [-0.39, 0.29) is 0 Å². The largest absolute Gasteiger partial charge is 0.309 e. The molecule has 0 aliphatic heterocycles. The van der Waals surface area contributed by atoms with Gasteiger partial charge in [-0.3, -0.25) is 0 Å². The molecule has 0 N–H and O–H groups in total. The van der Waals surface area contributed by atoms with E-state index in [1.807, 2.05) is 0 Å². The predicted molar refractivity (Wildman–Crippen MR) is 364 cm³/mol. The van der Waals surface area contributed by atoms with Crippen LogP contribution in [0.15, 0.2) is 340 Å². The van der Waals surface area contributed by atoms with E-state index in [0.29, 0.717) is 0 Å². The molecule has 2 nitrogen and oxygen atoms in total. The van der Waals surface area contributed by atoms with Gasteiger partial charge in [0.15, 0.2) is 0 Å². The Kier molecular flexibility index (Phi) is 12.6. The first-order chi connectivity index (χ1) is 42.6. The highest BCUT2D eigenvalue weighted by Crippen LogP contribution is 2.42. The second kappa shape index (κ2) is 21.5. The molecule has 2 heteroatoms. The van der Waals surface area contributed by atoms with E-state index in [9.17, 15) is 0 Å². The van der Waals surface area contributed by atoms with E-state index in [1.165, 1.54) is 149 Å². The van der Waals surface area contributed by atoms with Crippen molar-refractivity contribution >= 4 is 43.6 Å². The van der Waals surface area contributed by atoms with Gasteiger partial charge in [0, 0.05) is 32.7 Å². The number of aromatic nitrogens is 2. The molecule has 86 heavy (non-hydrogen) atoms. The van der Waals surface area contributed by atoms with Crippen molar-refractivity contribution in [2.75, 3.05) is 0 Å². The fourth-order valence-electron chi connectivity index (χ4n) is 13.1. The van der Waals surface area contributed by atoms with Crippen molar-refractivity contribution in [3.05, 3.63) is 340 Å². The summed E-state index contributed by atoms with van der Waals surface area (Å²) < 4.78 is 4.89. The van der Waals surface area contributed by atoms with Crippen LogP contribution in [0.1, 0.15) is 0 Å². The Morgan fingerprint density at radius 3 is 0.791 bits per heavy atom. The van der Waals surface area contributed by atoms with E-state index in [0.717, 1.165) is 5.69 Å². The van der Waals surface area contributed by atoms with Crippen molar-refractivity contribution in [2.45, 2.75) is 0 Å². The quantitative estimate of drug-likeness (QED) is 0.122. The molecule has 0 aliphatic rings. The molecule has 402 valence electrons. The van der Waals surface area contributed by atoms with Crippen LogP contribution in [0.2, 0.25) is 0 Å². The Labute approximate surface area is 501 Å². The molecule has 2 heterocycles. The molecule has 0 saturated carbocycles. The summed E-state index contributed by atoms with van der Waals surface area (Å²) in [6.07, 6.45) is 0. The summed E-state index contributed by atoms with van der Waals surface area (Å²) >= 11 is 0. The molecule has 2 aromatic heterocycles. The van der Waals surface area contributed by atoms with Crippen molar-refractivity contribution in [2.24, 2.45) is 0 Å². The lowest BCUT2D eigenvalue weighted by Gasteiger charge is -2.15. The molecule has 0 radical (unpaired) electrons. The number of benzene rings is 14. The molecule has 14 aromatic carbocycles. The second-order valence-corrected chi connectivity index (χ2v) is 22.4. The summed E-state index contributed by atoms with van der Waals surface area (Å²) in [5.41, 5.74) is 28.6. The maximum atomic E-state index is 2.45. The highest BCUT2D eigenvalue weighted by Gasteiger charge is 2.20. The highest BCUT2D eigenvalue weighted by molar-refractivity contribution is 6.13. The highest BCUT2D eigenvalue weighted by atomic mass is 15.0. The third-order valence-electron chi connectivity index (χ3n) is 17.4. The Morgan fingerprint density at radius 1 is 0.140 bits per heavy atom. The van der Waals surface area contributed by atoms with Crippen LogP contribution in [0.3, 0.4) is 0 Å². The van der Waals surface area contributed by atoms with Crippen LogP contribution >= 0.6 is 0 Å². The Bertz CT molecular complexity index is 5160. The van der Waals surface area contributed by atoms with Crippen LogP contribution in [0.5, 0.6) is 0 Å². The number of hydrogen-bond acceptors (Lipinski definition) is 0. The van der Waals surface area contributed by atoms with Crippen LogP contribution in [-0.4, -0.2) is 9.13 Å². The van der Waals surface area contributed by atoms with Gasteiger partial charge in [0.2, 0.25) is 0 Å². The van der Waals surface area contributed by atoms with Crippen molar-refractivity contribution in [3.63, 3.8) is 0 Å². The van der Waals surface area contributed by atoms with Gasteiger partial charge in [0.25, 0.3) is 0 Å². The van der Waals surface area contributed by atoms with Gasteiger partial charge in [-0.2, -0.15) is 0 Å². The first-order valence-corrected chi connectivity index (χ1v) is 29.6. The summed E-state index contributed by atoms with van der Waals surface area (Å²) in [5.74, 6) is 0. The lowest BCUT2D eigenvalue weighted by Crippen LogP contribution is -1.97. The summed E-state index contributed by atoms with van der Waals surface area (Å²) in [4.78, 5) is 0. The van der Waals surface area contributed by atoms with Crippen molar-refractivity contribution < 1.29 is 0 Å². The third-order valence-corrected chi connectivity index (χ3v) is 17.4. The Morgan fingerprint density at radius 2 is 0.384 bits per heavy atom. The minimum absolute atomic E-state index is 1.15. The summed E-state index contributed by atoms with van der Waals surface area (Å²) in [5, 5.41) is 4.94. The van der Waals surface area contributed by atoms with Gasteiger partial charge in [-0.1, -0.05) is 279 Å². The van der Waals surface area contributed by atoms with E-state index in [1.54, 1.807) is 0 Å². The normalized spacial score (nSPS) is 11.5. The van der Waals surface area contributed by atoms with Gasteiger partial charge >= 0.3 is 0 Å². The van der Waals surface area contributed by atoms with Gasteiger partial charge in [-0.05, 0) is 150 Å². The fourth-order valence-corrected chi connectivity index (χ4v) is 13.1. The molecule has 16 rings (SSSR count). The summed E-state index contributed by atoms with van der Waals surface area (Å²) in [6.45, 7) is 0. The van der Waals surface area contributed by atoms with E-state index >= 15 is 0 Å². The monoisotopic (exact) mass is 1090 g/mol. The minimum Gasteiger partial charge on any atom is -0.309 e. The van der Waals surface area contributed by atoms with Gasteiger partial charge in [-0.15, -0.1) is 0 Å². The number of fused-ring (bicyclic) bond motifs is 6. The molecule has 0 bridgehead atoms. The molecule has 0 unspecified atom stereocenters. The fraction of sp³-hybridized carbons (Fsp3) is 0. The number of rotatable bonds is 11. The molecule has 0 spiro atoms.